The number of oxazole rings is 1. The zero-order valence-electron chi connectivity index (χ0n) is 10.9. The van der Waals surface area contributed by atoms with E-state index in [0.717, 1.165) is 12.0 Å². The average molecular weight is 261 g/mol. The monoisotopic (exact) mass is 261 g/mol. The number of methoxy groups -OCH3 is 1. The summed E-state index contributed by atoms with van der Waals surface area (Å²) in [6.45, 7) is 2.01. The van der Waals surface area contributed by atoms with E-state index in [4.69, 9.17) is 13.9 Å². The molecular formula is C14H15NO4. The van der Waals surface area contributed by atoms with Crippen LogP contribution in [0.1, 0.15) is 17.3 Å². The van der Waals surface area contributed by atoms with Gasteiger partial charge < -0.3 is 18.7 Å². The van der Waals surface area contributed by atoms with Crippen LogP contribution >= 0.6 is 0 Å². The molecule has 1 aromatic carbocycles. The Hall–Kier alpha value is -2.30. The maximum Gasteiger partial charge on any atom is 0.232 e. The molecule has 0 saturated heterocycles. The first-order valence-electron chi connectivity index (χ1n) is 5.88. The summed E-state index contributed by atoms with van der Waals surface area (Å²) < 4.78 is 16.0. The third-order valence-corrected chi connectivity index (χ3v) is 2.64. The lowest BCUT2D eigenvalue weighted by Crippen LogP contribution is -1.96. The van der Waals surface area contributed by atoms with Crippen LogP contribution in [0, 0.1) is 6.92 Å². The molecule has 2 aromatic rings. The normalized spacial score (nSPS) is 10.2. The van der Waals surface area contributed by atoms with Crippen LogP contribution in [0.2, 0.25) is 0 Å². The summed E-state index contributed by atoms with van der Waals surface area (Å²) in [7, 11) is 1.61. The van der Waals surface area contributed by atoms with Gasteiger partial charge in [0.05, 0.1) is 12.8 Å². The second-order valence-corrected chi connectivity index (χ2v) is 3.95. The second kappa shape index (κ2) is 6.04. The molecule has 1 heterocycles. The molecule has 100 valence electrons. The zero-order chi connectivity index (χ0) is 13.7. The number of aryl methyl sites for hydroxylation is 1. The minimum absolute atomic E-state index is 0.228. The van der Waals surface area contributed by atoms with Crippen LogP contribution in [0.5, 0.6) is 11.5 Å². The molecule has 0 amide bonds. The Labute approximate surface area is 111 Å². The molecule has 0 spiro atoms. The van der Waals surface area contributed by atoms with Gasteiger partial charge in [-0.15, -0.1) is 0 Å². The van der Waals surface area contributed by atoms with Crippen molar-refractivity contribution in [2.75, 3.05) is 7.11 Å². The third kappa shape index (κ3) is 3.34. The lowest BCUT2D eigenvalue weighted by molar-refractivity contribution is -0.107. The molecule has 0 radical (unpaired) electrons. The van der Waals surface area contributed by atoms with Gasteiger partial charge in [0.25, 0.3) is 0 Å². The largest absolute Gasteiger partial charge is 0.497 e. The molecule has 19 heavy (non-hydrogen) atoms. The van der Waals surface area contributed by atoms with Crippen molar-refractivity contribution in [2.24, 2.45) is 0 Å². The van der Waals surface area contributed by atoms with Crippen molar-refractivity contribution < 1.29 is 18.7 Å². The van der Waals surface area contributed by atoms with Crippen molar-refractivity contribution in [3.63, 3.8) is 0 Å². The first kappa shape index (κ1) is 13.1. The predicted molar refractivity (Wildman–Crippen MR) is 68.3 cm³/mol. The molecule has 1 aromatic heterocycles. The van der Waals surface area contributed by atoms with Gasteiger partial charge >= 0.3 is 0 Å². The number of ether oxygens (including phenoxy) is 2. The fourth-order valence-corrected chi connectivity index (χ4v) is 1.63. The Kier molecular flexibility index (Phi) is 4.18. The van der Waals surface area contributed by atoms with Crippen molar-refractivity contribution in [3.05, 3.63) is 41.6 Å². The number of hydrogen-bond donors (Lipinski definition) is 0. The summed E-state index contributed by atoms with van der Waals surface area (Å²) in [6, 6.07) is 7.24. The number of rotatable bonds is 6. The van der Waals surface area contributed by atoms with Crippen LogP contribution in [0.25, 0.3) is 0 Å². The van der Waals surface area contributed by atoms with E-state index < -0.39 is 0 Å². The van der Waals surface area contributed by atoms with Crippen molar-refractivity contribution in [1.29, 1.82) is 0 Å². The second-order valence-electron chi connectivity index (χ2n) is 3.95. The van der Waals surface area contributed by atoms with Crippen molar-refractivity contribution in [1.82, 2.24) is 4.98 Å². The van der Waals surface area contributed by atoms with Crippen LogP contribution in [-0.2, 0) is 17.8 Å². The Morgan fingerprint density at radius 3 is 2.58 bits per heavy atom. The molecule has 0 saturated carbocycles. The molecule has 5 heteroatoms. The smallest absolute Gasteiger partial charge is 0.232 e. The van der Waals surface area contributed by atoms with Gasteiger partial charge in [0.2, 0.25) is 5.89 Å². The quantitative estimate of drug-likeness (QED) is 0.747. The maximum atomic E-state index is 10.5. The summed E-state index contributed by atoms with van der Waals surface area (Å²) >= 11 is 0. The highest BCUT2D eigenvalue weighted by Crippen LogP contribution is 2.18. The maximum absolute atomic E-state index is 10.5. The lowest BCUT2D eigenvalue weighted by atomic mass is 10.3. The molecule has 0 bridgehead atoms. The summed E-state index contributed by atoms with van der Waals surface area (Å²) in [5.41, 5.74) is 0.656. The van der Waals surface area contributed by atoms with Crippen molar-refractivity contribution >= 4 is 6.29 Å². The molecule has 0 fully saturated rings. The lowest BCUT2D eigenvalue weighted by Gasteiger charge is -2.04. The summed E-state index contributed by atoms with van der Waals surface area (Å²) in [4.78, 5) is 14.7. The van der Waals surface area contributed by atoms with Crippen molar-refractivity contribution in [3.8, 4) is 11.5 Å². The van der Waals surface area contributed by atoms with E-state index in [1.807, 2.05) is 12.1 Å². The highest BCUT2D eigenvalue weighted by atomic mass is 16.5. The number of benzene rings is 1. The average Bonchev–Trinajstić information content (AvgIpc) is 2.78. The van der Waals surface area contributed by atoms with Crippen LogP contribution in [-0.4, -0.2) is 18.4 Å². The third-order valence-electron chi connectivity index (χ3n) is 2.64. The number of aromatic nitrogens is 1. The Morgan fingerprint density at radius 2 is 1.95 bits per heavy atom. The number of carbonyl (C=O) groups is 1. The molecule has 0 unspecified atom stereocenters. The first-order chi connectivity index (χ1) is 9.22. The van der Waals surface area contributed by atoms with Crippen molar-refractivity contribution in [2.45, 2.75) is 20.0 Å². The summed E-state index contributed by atoms with van der Waals surface area (Å²) in [5.74, 6) is 2.59. The van der Waals surface area contributed by atoms with Gasteiger partial charge in [-0.25, -0.2) is 4.98 Å². The van der Waals surface area contributed by atoms with E-state index >= 15 is 0 Å². The van der Waals surface area contributed by atoms with E-state index in [9.17, 15) is 4.79 Å². The minimum Gasteiger partial charge on any atom is -0.497 e. The summed E-state index contributed by atoms with van der Waals surface area (Å²) in [6.07, 6.45) is 1.07. The topological polar surface area (TPSA) is 61.6 Å². The van der Waals surface area contributed by atoms with E-state index in [1.54, 1.807) is 26.2 Å². The van der Waals surface area contributed by atoms with Gasteiger partial charge in [-0.1, -0.05) is 0 Å². The highest BCUT2D eigenvalue weighted by molar-refractivity contribution is 5.54. The Morgan fingerprint density at radius 1 is 1.26 bits per heavy atom. The number of aldehydes is 1. The minimum atomic E-state index is 0.228. The van der Waals surface area contributed by atoms with E-state index in [1.165, 1.54) is 0 Å². The zero-order valence-corrected chi connectivity index (χ0v) is 10.9. The van der Waals surface area contributed by atoms with Crippen LogP contribution < -0.4 is 9.47 Å². The van der Waals surface area contributed by atoms with Crippen LogP contribution in [0.15, 0.2) is 28.7 Å². The predicted octanol–water partition coefficient (Wildman–Crippen LogP) is 2.31. The Balaban J connectivity index is 1.97. The van der Waals surface area contributed by atoms with Gasteiger partial charge in [-0.3, -0.25) is 0 Å². The Bertz CT molecular complexity index is 545. The van der Waals surface area contributed by atoms with Gasteiger partial charge in [0.1, 0.15) is 23.5 Å². The summed E-state index contributed by atoms with van der Waals surface area (Å²) in [5, 5.41) is 0. The van der Waals surface area contributed by atoms with E-state index in [0.29, 0.717) is 23.1 Å². The first-order valence-corrected chi connectivity index (χ1v) is 5.88. The molecule has 5 nitrogen and oxygen atoms in total. The highest BCUT2D eigenvalue weighted by Gasteiger charge is 2.09. The SMILES string of the molecule is COc1ccc(OCc2nc(CC=O)c(C)o2)cc1. The van der Waals surface area contributed by atoms with E-state index in [2.05, 4.69) is 4.98 Å². The fourth-order valence-electron chi connectivity index (χ4n) is 1.63. The molecule has 0 aliphatic heterocycles. The molecular weight excluding hydrogens is 246 g/mol. The standard InChI is InChI=1S/C14H15NO4/c1-10-13(7-8-16)15-14(19-10)9-18-12-5-3-11(17-2)4-6-12/h3-6,8H,7,9H2,1-2H3. The number of carbonyl (C=O) groups excluding carboxylic acids is 1. The van der Waals surface area contributed by atoms with Gasteiger partial charge in [0.15, 0.2) is 6.61 Å². The fraction of sp³-hybridized carbons (Fsp3) is 0.286. The molecule has 2 rings (SSSR count). The molecule has 0 atom stereocenters. The molecule has 0 N–H and O–H groups in total. The van der Waals surface area contributed by atoms with Crippen LogP contribution in [0.4, 0.5) is 0 Å². The van der Waals surface area contributed by atoms with Gasteiger partial charge in [0, 0.05) is 6.42 Å². The number of nitrogens with zero attached hydrogens (tertiary/aromatic N) is 1. The molecule has 0 aliphatic rings. The number of hydrogen-bond acceptors (Lipinski definition) is 5. The van der Waals surface area contributed by atoms with Gasteiger partial charge in [-0.2, -0.15) is 0 Å². The van der Waals surface area contributed by atoms with Gasteiger partial charge in [-0.05, 0) is 31.2 Å². The molecule has 0 aliphatic carbocycles. The van der Waals surface area contributed by atoms with E-state index in [-0.39, 0.29) is 13.0 Å². The van der Waals surface area contributed by atoms with Crippen LogP contribution in [0.3, 0.4) is 0 Å².